The van der Waals surface area contributed by atoms with Gasteiger partial charge in [-0.15, -0.1) is 0 Å². The number of hydrogen-bond donors (Lipinski definition) is 2. The average Bonchev–Trinajstić information content (AvgIpc) is 3.18. The molecule has 3 aromatic rings. The van der Waals surface area contributed by atoms with Crippen LogP contribution in [0.15, 0.2) is 65.1 Å². The van der Waals surface area contributed by atoms with Crippen molar-refractivity contribution in [1.82, 2.24) is 0 Å². The SMILES string of the molecule is CC[C@@H](C)Oc1ccc(C(=O)Nc2cccc(-c3ccc(CO)o3)c2)cc1. The van der Waals surface area contributed by atoms with E-state index >= 15 is 0 Å². The highest BCUT2D eigenvalue weighted by molar-refractivity contribution is 6.04. The maximum absolute atomic E-state index is 12.5. The predicted octanol–water partition coefficient (Wildman–Crippen LogP) is 4.87. The van der Waals surface area contributed by atoms with Gasteiger partial charge in [0.1, 0.15) is 23.9 Å². The van der Waals surface area contributed by atoms with Crippen molar-refractivity contribution < 1.29 is 19.1 Å². The van der Waals surface area contributed by atoms with Gasteiger partial charge < -0.3 is 19.6 Å². The van der Waals surface area contributed by atoms with Crippen LogP contribution in [0.2, 0.25) is 0 Å². The minimum atomic E-state index is -0.197. The van der Waals surface area contributed by atoms with Crippen molar-refractivity contribution in [2.24, 2.45) is 0 Å². The lowest BCUT2D eigenvalue weighted by atomic mass is 10.1. The maximum atomic E-state index is 12.5. The first-order chi connectivity index (χ1) is 13.1. The number of benzene rings is 2. The standard InChI is InChI=1S/C22H23NO4/c1-3-15(2)26-19-9-7-16(8-10-19)22(25)23-18-6-4-5-17(13-18)21-12-11-20(14-24)27-21/h4-13,15,24H,3,14H2,1-2H3,(H,23,25)/t15-/m1/s1. The minimum Gasteiger partial charge on any atom is -0.491 e. The van der Waals surface area contributed by atoms with E-state index in [1.165, 1.54) is 0 Å². The summed E-state index contributed by atoms with van der Waals surface area (Å²) in [5.41, 5.74) is 2.04. The molecule has 0 aliphatic rings. The molecule has 3 rings (SSSR count). The second-order valence-corrected chi connectivity index (χ2v) is 6.32. The molecule has 2 aromatic carbocycles. The largest absolute Gasteiger partial charge is 0.491 e. The quantitative estimate of drug-likeness (QED) is 0.627. The van der Waals surface area contributed by atoms with E-state index in [9.17, 15) is 4.79 Å². The topological polar surface area (TPSA) is 71.7 Å². The lowest BCUT2D eigenvalue weighted by Gasteiger charge is -2.13. The first-order valence-electron chi connectivity index (χ1n) is 8.97. The number of amides is 1. The molecule has 0 bridgehead atoms. The minimum absolute atomic E-state index is 0.139. The Balaban J connectivity index is 1.69. The summed E-state index contributed by atoms with van der Waals surface area (Å²) in [6.07, 6.45) is 1.06. The second-order valence-electron chi connectivity index (χ2n) is 6.32. The van der Waals surface area contributed by atoms with Crippen molar-refractivity contribution >= 4 is 11.6 Å². The molecule has 0 fully saturated rings. The fourth-order valence-corrected chi connectivity index (χ4v) is 2.57. The number of aliphatic hydroxyl groups is 1. The Labute approximate surface area is 158 Å². The van der Waals surface area contributed by atoms with Crippen molar-refractivity contribution in [2.75, 3.05) is 5.32 Å². The van der Waals surface area contributed by atoms with Crippen LogP contribution in [0.5, 0.6) is 5.75 Å². The van der Waals surface area contributed by atoms with Gasteiger partial charge in [0, 0.05) is 16.8 Å². The Morgan fingerprint density at radius 3 is 2.59 bits per heavy atom. The van der Waals surface area contributed by atoms with Crippen LogP contribution in [0.4, 0.5) is 5.69 Å². The van der Waals surface area contributed by atoms with Crippen molar-refractivity contribution in [3.8, 4) is 17.1 Å². The molecule has 5 heteroatoms. The van der Waals surface area contributed by atoms with Crippen LogP contribution < -0.4 is 10.1 Å². The van der Waals surface area contributed by atoms with Gasteiger partial charge in [0.15, 0.2) is 0 Å². The molecule has 0 aliphatic carbocycles. The third kappa shape index (κ3) is 4.77. The van der Waals surface area contributed by atoms with E-state index in [4.69, 9.17) is 14.3 Å². The van der Waals surface area contributed by atoms with E-state index in [2.05, 4.69) is 12.2 Å². The number of anilines is 1. The summed E-state index contributed by atoms with van der Waals surface area (Å²) < 4.78 is 11.3. The molecular weight excluding hydrogens is 342 g/mol. The molecule has 27 heavy (non-hydrogen) atoms. The van der Waals surface area contributed by atoms with Gasteiger partial charge in [-0.25, -0.2) is 0 Å². The van der Waals surface area contributed by atoms with Crippen LogP contribution >= 0.6 is 0 Å². The lowest BCUT2D eigenvalue weighted by molar-refractivity contribution is 0.102. The molecule has 0 saturated heterocycles. The van der Waals surface area contributed by atoms with Crippen molar-refractivity contribution in [2.45, 2.75) is 33.0 Å². The van der Waals surface area contributed by atoms with Crippen LogP contribution in [0.3, 0.4) is 0 Å². The molecule has 1 atom stereocenters. The number of ether oxygens (including phenoxy) is 1. The smallest absolute Gasteiger partial charge is 0.255 e. The van der Waals surface area contributed by atoms with Crippen molar-refractivity contribution in [1.29, 1.82) is 0 Å². The highest BCUT2D eigenvalue weighted by Crippen LogP contribution is 2.25. The third-order valence-corrected chi connectivity index (χ3v) is 4.25. The van der Waals surface area contributed by atoms with E-state index in [-0.39, 0.29) is 18.6 Å². The van der Waals surface area contributed by atoms with Gasteiger partial charge in [-0.2, -0.15) is 0 Å². The third-order valence-electron chi connectivity index (χ3n) is 4.25. The summed E-state index contributed by atoms with van der Waals surface area (Å²) >= 11 is 0. The van der Waals surface area contributed by atoms with E-state index < -0.39 is 0 Å². The number of aliphatic hydroxyl groups excluding tert-OH is 1. The highest BCUT2D eigenvalue weighted by atomic mass is 16.5. The van der Waals surface area contributed by atoms with Crippen molar-refractivity contribution in [3.05, 3.63) is 72.0 Å². The number of carbonyl (C=O) groups is 1. The van der Waals surface area contributed by atoms with Gasteiger partial charge in [-0.3, -0.25) is 4.79 Å². The molecule has 1 heterocycles. The Hall–Kier alpha value is -3.05. The normalized spacial score (nSPS) is 11.8. The molecule has 0 spiro atoms. The van der Waals surface area contributed by atoms with Crippen LogP contribution in [0.25, 0.3) is 11.3 Å². The Morgan fingerprint density at radius 2 is 1.93 bits per heavy atom. The fraction of sp³-hybridized carbons (Fsp3) is 0.227. The zero-order valence-corrected chi connectivity index (χ0v) is 15.4. The Morgan fingerprint density at radius 1 is 1.15 bits per heavy atom. The fourth-order valence-electron chi connectivity index (χ4n) is 2.57. The van der Waals surface area contributed by atoms with Crippen LogP contribution in [0, 0.1) is 0 Å². The summed E-state index contributed by atoms with van der Waals surface area (Å²) in [4.78, 5) is 12.5. The molecule has 1 amide bonds. The van der Waals surface area contributed by atoms with Crippen molar-refractivity contribution in [3.63, 3.8) is 0 Å². The Kier molecular flexibility index (Phi) is 5.94. The number of rotatable bonds is 7. The first-order valence-corrected chi connectivity index (χ1v) is 8.97. The van der Waals surface area contributed by atoms with E-state index in [1.807, 2.05) is 31.2 Å². The van der Waals surface area contributed by atoms with Gasteiger partial charge in [0.25, 0.3) is 5.91 Å². The van der Waals surface area contributed by atoms with Crippen LogP contribution in [0.1, 0.15) is 36.4 Å². The van der Waals surface area contributed by atoms with Crippen LogP contribution in [-0.2, 0) is 6.61 Å². The molecule has 0 saturated carbocycles. The lowest BCUT2D eigenvalue weighted by Crippen LogP contribution is -2.12. The summed E-state index contributed by atoms with van der Waals surface area (Å²) in [6.45, 7) is 3.93. The molecule has 140 valence electrons. The van der Waals surface area contributed by atoms with Gasteiger partial charge in [0.2, 0.25) is 0 Å². The van der Waals surface area contributed by atoms with Gasteiger partial charge in [-0.1, -0.05) is 19.1 Å². The summed E-state index contributed by atoms with van der Waals surface area (Å²) in [5.74, 6) is 1.69. The zero-order chi connectivity index (χ0) is 19.2. The number of furan rings is 1. The second kappa shape index (κ2) is 8.56. The predicted molar refractivity (Wildman–Crippen MR) is 105 cm³/mol. The first kappa shape index (κ1) is 18.7. The average molecular weight is 365 g/mol. The molecule has 0 unspecified atom stereocenters. The number of hydrogen-bond acceptors (Lipinski definition) is 4. The molecule has 0 radical (unpaired) electrons. The van der Waals surface area contributed by atoms with E-state index in [0.29, 0.717) is 22.8 Å². The van der Waals surface area contributed by atoms with E-state index in [1.54, 1.807) is 36.4 Å². The summed E-state index contributed by atoms with van der Waals surface area (Å²) in [5, 5.41) is 12.0. The zero-order valence-electron chi connectivity index (χ0n) is 15.4. The highest BCUT2D eigenvalue weighted by Gasteiger charge is 2.09. The molecule has 2 N–H and O–H groups in total. The van der Waals surface area contributed by atoms with Gasteiger partial charge in [0.05, 0.1) is 6.10 Å². The number of carbonyl (C=O) groups excluding carboxylic acids is 1. The van der Waals surface area contributed by atoms with Crippen LogP contribution in [-0.4, -0.2) is 17.1 Å². The summed E-state index contributed by atoms with van der Waals surface area (Å²) in [6, 6.07) is 18.0. The molecule has 0 aliphatic heterocycles. The van der Waals surface area contributed by atoms with E-state index in [0.717, 1.165) is 17.7 Å². The number of nitrogens with one attached hydrogen (secondary N) is 1. The molecule has 5 nitrogen and oxygen atoms in total. The van der Waals surface area contributed by atoms with Gasteiger partial charge >= 0.3 is 0 Å². The molecule has 1 aromatic heterocycles. The Bertz CT molecular complexity index is 899. The monoisotopic (exact) mass is 365 g/mol. The maximum Gasteiger partial charge on any atom is 0.255 e. The van der Waals surface area contributed by atoms with Gasteiger partial charge in [-0.05, 0) is 61.9 Å². The molecular formula is C22H23NO4. The summed E-state index contributed by atoms with van der Waals surface area (Å²) in [7, 11) is 0.